The topological polar surface area (TPSA) is 64.9 Å². The molecule has 1 heterocycles. The Hall–Kier alpha value is -2.66. The van der Waals surface area contributed by atoms with Crippen LogP contribution in [0.3, 0.4) is 0 Å². The number of hydrogen-bond donors (Lipinski definition) is 1. The molecule has 5 heteroatoms. The standard InChI is InChI=1S/C26H32N2O3/c1-19(20-10-12-22(13-11-20)21-6-3-2-4-7-21)27-14-16-28(17-15-27)25(29)23-8-5-9-24(18-23)26(30)31/h5,8-13,18-19,21H,2-4,6-7,14-17H2,1H3,(H,30,31)/t19-/m0/s1. The highest BCUT2D eigenvalue weighted by Crippen LogP contribution is 2.32. The fourth-order valence-corrected chi connectivity index (χ4v) is 5.12. The number of benzene rings is 2. The molecule has 1 N–H and O–H groups in total. The van der Waals surface area contributed by atoms with E-state index in [1.165, 1.54) is 60.3 Å². The van der Waals surface area contributed by atoms with Crippen LogP contribution >= 0.6 is 0 Å². The lowest BCUT2D eigenvalue weighted by Gasteiger charge is -2.35. The Kier molecular flexibility index (Phi) is 6.71. The van der Waals surface area contributed by atoms with Crippen molar-refractivity contribution in [2.24, 2.45) is 0 Å². The molecule has 2 aromatic carbocycles. The zero-order valence-corrected chi connectivity index (χ0v) is 18.3. The Morgan fingerprint density at radius 1 is 0.968 bits per heavy atom. The van der Waals surface area contributed by atoms with Gasteiger partial charge in [-0.25, -0.2) is 0 Å². The van der Waals surface area contributed by atoms with Crippen LogP contribution in [0.5, 0.6) is 0 Å². The molecule has 5 nitrogen and oxygen atoms in total. The molecule has 164 valence electrons. The zero-order valence-electron chi connectivity index (χ0n) is 18.3. The van der Waals surface area contributed by atoms with Crippen molar-refractivity contribution in [3.05, 3.63) is 70.8 Å². The summed E-state index contributed by atoms with van der Waals surface area (Å²) in [5.41, 5.74) is 3.30. The van der Waals surface area contributed by atoms with Crippen LogP contribution < -0.4 is 10.0 Å². The van der Waals surface area contributed by atoms with E-state index in [-0.39, 0.29) is 11.5 Å². The molecule has 2 aromatic rings. The molecule has 1 atom stereocenters. The van der Waals surface area contributed by atoms with Crippen molar-refractivity contribution in [3.63, 3.8) is 0 Å². The number of carbonyl (C=O) groups excluding carboxylic acids is 2. The normalized spacial score (nSPS) is 19.2. The highest BCUT2D eigenvalue weighted by Gasteiger charge is 2.28. The first kappa shape index (κ1) is 21.6. The minimum atomic E-state index is -1.26. The Morgan fingerprint density at radius 2 is 1.61 bits per heavy atom. The fourth-order valence-electron chi connectivity index (χ4n) is 5.12. The van der Waals surface area contributed by atoms with Gasteiger partial charge in [-0.15, -0.1) is 0 Å². The molecule has 2 fully saturated rings. The maximum Gasteiger partial charge on any atom is 0.254 e. The Balaban J connectivity index is 1.34. The van der Waals surface area contributed by atoms with Gasteiger partial charge in [0.2, 0.25) is 0 Å². The second-order valence-corrected chi connectivity index (χ2v) is 9.04. The molecule has 0 radical (unpaired) electrons. The zero-order chi connectivity index (χ0) is 21.8. The average molecular weight is 421 g/mol. The first-order chi connectivity index (χ1) is 15.0. The van der Waals surface area contributed by atoms with Gasteiger partial charge in [0.15, 0.2) is 0 Å². The SMILES string of the molecule is C[C@@H](c1ccc(C2CCCCC2)cc1)[NH+]1CCN(C(=O)c2cccc(C(=O)[O-])c2)CC1. The third-order valence-corrected chi connectivity index (χ3v) is 7.16. The summed E-state index contributed by atoms with van der Waals surface area (Å²) in [5, 5.41) is 11.1. The first-order valence-electron chi connectivity index (χ1n) is 11.6. The van der Waals surface area contributed by atoms with Gasteiger partial charge < -0.3 is 19.7 Å². The smallest absolute Gasteiger partial charge is 0.254 e. The van der Waals surface area contributed by atoms with Crippen LogP contribution in [0.2, 0.25) is 0 Å². The summed E-state index contributed by atoms with van der Waals surface area (Å²) in [6.45, 7) is 5.39. The van der Waals surface area contributed by atoms with Crippen LogP contribution in [-0.4, -0.2) is 43.0 Å². The van der Waals surface area contributed by atoms with E-state index in [1.807, 2.05) is 4.90 Å². The summed E-state index contributed by atoms with van der Waals surface area (Å²) < 4.78 is 0. The van der Waals surface area contributed by atoms with Crippen LogP contribution in [0.1, 0.15) is 82.8 Å². The number of amides is 1. The summed E-state index contributed by atoms with van der Waals surface area (Å²) >= 11 is 0. The van der Waals surface area contributed by atoms with Crippen LogP contribution in [0, 0.1) is 0 Å². The minimum Gasteiger partial charge on any atom is -0.545 e. The third-order valence-electron chi connectivity index (χ3n) is 7.16. The number of hydrogen-bond acceptors (Lipinski definition) is 3. The van der Waals surface area contributed by atoms with Crippen molar-refractivity contribution in [2.75, 3.05) is 26.2 Å². The number of aromatic carboxylic acids is 1. The number of quaternary nitrogens is 1. The van der Waals surface area contributed by atoms with Gasteiger partial charge in [0, 0.05) is 11.1 Å². The Labute approximate surface area is 184 Å². The van der Waals surface area contributed by atoms with E-state index < -0.39 is 5.97 Å². The summed E-state index contributed by atoms with van der Waals surface area (Å²) in [6, 6.07) is 15.8. The predicted octanol–water partition coefficient (Wildman–Crippen LogP) is 2.20. The second-order valence-electron chi connectivity index (χ2n) is 9.04. The fraction of sp³-hybridized carbons (Fsp3) is 0.462. The van der Waals surface area contributed by atoms with E-state index in [0.29, 0.717) is 24.7 Å². The molecule has 1 saturated heterocycles. The van der Waals surface area contributed by atoms with Crippen LogP contribution in [0.15, 0.2) is 48.5 Å². The number of rotatable bonds is 5. The second kappa shape index (κ2) is 9.65. The Bertz CT molecular complexity index is 911. The van der Waals surface area contributed by atoms with Gasteiger partial charge in [0.1, 0.15) is 6.04 Å². The number of carbonyl (C=O) groups is 2. The highest BCUT2D eigenvalue weighted by molar-refractivity contribution is 5.97. The molecule has 1 aliphatic heterocycles. The van der Waals surface area contributed by atoms with Crippen LogP contribution in [-0.2, 0) is 0 Å². The first-order valence-corrected chi connectivity index (χ1v) is 11.6. The quantitative estimate of drug-likeness (QED) is 0.807. The maximum atomic E-state index is 12.8. The molecule has 0 aromatic heterocycles. The van der Waals surface area contributed by atoms with Crippen molar-refractivity contribution in [2.45, 2.75) is 51.0 Å². The van der Waals surface area contributed by atoms with E-state index in [0.717, 1.165) is 19.0 Å². The summed E-state index contributed by atoms with van der Waals surface area (Å²) in [4.78, 5) is 27.2. The molecule has 31 heavy (non-hydrogen) atoms. The van der Waals surface area contributed by atoms with E-state index >= 15 is 0 Å². The van der Waals surface area contributed by atoms with E-state index in [9.17, 15) is 14.7 Å². The lowest BCUT2D eigenvalue weighted by molar-refractivity contribution is -0.933. The summed E-state index contributed by atoms with van der Waals surface area (Å²) in [7, 11) is 0. The molecule has 1 saturated carbocycles. The molecule has 2 aliphatic rings. The molecule has 1 aliphatic carbocycles. The molecule has 1 amide bonds. The number of nitrogens with one attached hydrogen (secondary N) is 1. The van der Waals surface area contributed by atoms with Gasteiger partial charge in [-0.05, 0) is 48.9 Å². The molecular formula is C26H32N2O3. The van der Waals surface area contributed by atoms with E-state index in [2.05, 4.69) is 31.2 Å². The average Bonchev–Trinajstić information content (AvgIpc) is 2.84. The lowest BCUT2D eigenvalue weighted by atomic mass is 9.83. The van der Waals surface area contributed by atoms with Crippen molar-refractivity contribution in [3.8, 4) is 0 Å². The number of nitrogens with zero attached hydrogens (tertiary/aromatic N) is 1. The highest BCUT2D eigenvalue weighted by atomic mass is 16.4. The van der Waals surface area contributed by atoms with Crippen molar-refractivity contribution in [1.82, 2.24) is 4.90 Å². The molecule has 0 spiro atoms. The number of piperazine rings is 1. The Morgan fingerprint density at radius 3 is 2.26 bits per heavy atom. The summed E-state index contributed by atoms with van der Waals surface area (Å²) in [6.07, 6.45) is 6.73. The molecular weight excluding hydrogens is 388 g/mol. The maximum absolute atomic E-state index is 12.8. The third kappa shape index (κ3) is 4.99. The van der Waals surface area contributed by atoms with Crippen LogP contribution in [0.4, 0.5) is 0 Å². The largest absolute Gasteiger partial charge is 0.545 e. The molecule has 4 rings (SSSR count). The molecule has 0 bridgehead atoms. The predicted molar refractivity (Wildman–Crippen MR) is 118 cm³/mol. The lowest BCUT2D eigenvalue weighted by Crippen LogP contribution is -3.14. The minimum absolute atomic E-state index is 0.0420. The van der Waals surface area contributed by atoms with Gasteiger partial charge in [0.05, 0.1) is 32.1 Å². The van der Waals surface area contributed by atoms with Gasteiger partial charge in [-0.2, -0.15) is 0 Å². The van der Waals surface area contributed by atoms with E-state index in [1.54, 1.807) is 12.1 Å². The van der Waals surface area contributed by atoms with E-state index in [4.69, 9.17) is 0 Å². The summed E-state index contributed by atoms with van der Waals surface area (Å²) in [5.74, 6) is -0.630. The number of carboxylic acid groups (broad SMARTS) is 1. The monoisotopic (exact) mass is 420 g/mol. The van der Waals surface area contributed by atoms with Crippen molar-refractivity contribution >= 4 is 11.9 Å². The van der Waals surface area contributed by atoms with Gasteiger partial charge in [-0.3, -0.25) is 4.79 Å². The van der Waals surface area contributed by atoms with Crippen LogP contribution in [0.25, 0.3) is 0 Å². The molecule has 0 unspecified atom stereocenters. The van der Waals surface area contributed by atoms with Gasteiger partial charge >= 0.3 is 0 Å². The van der Waals surface area contributed by atoms with Crippen molar-refractivity contribution in [1.29, 1.82) is 0 Å². The van der Waals surface area contributed by atoms with Gasteiger partial charge in [0.25, 0.3) is 5.91 Å². The van der Waals surface area contributed by atoms with Gasteiger partial charge in [-0.1, -0.05) is 55.7 Å². The van der Waals surface area contributed by atoms with Crippen molar-refractivity contribution < 1.29 is 19.6 Å². The number of carboxylic acids is 1.